The molecule has 0 radical (unpaired) electrons. The zero-order valence-corrected chi connectivity index (χ0v) is 15.8. The van der Waals surface area contributed by atoms with Crippen LogP contribution in [0.1, 0.15) is 22.8 Å². The predicted molar refractivity (Wildman–Crippen MR) is 104 cm³/mol. The van der Waals surface area contributed by atoms with Crippen molar-refractivity contribution in [3.05, 3.63) is 76.9 Å². The lowest BCUT2D eigenvalue weighted by atomic mass is 10.00. The van der Waals surface area contributed by atoms with Crippen LogP contribution in [0.4, 0.5) is 0 Å². The third kappa shape index (κ3) is 5.31. The Bertz CT molecular complexity index is 857. The molecule has 2 aromatic rings. The standard InChI is InChI=1S/C22H22O5/c1-15(10-16-8-6-5-7-9-16)11-20(22(24)27-4)21(23)17-12-18(25-2)14-19(13-17)26-3/h5-14H,1-4H3/b15-10+,20-11-. The van der Waals surface area contributed by atoms with Gasteiger partial charge in [0.1, 0.15) is 17.1 Å². The molecule has 0 fully saturated rings. The Labute approximate surface area is 158 Å². The second-order valence-electron chi connectivity index (χ2n) is 5.78. The van der Waals surface area contributed by atoms with Gasteiger partial charge in [-0.25, -0.2) is 4.79 Å². The summed E-state index contributed by atoms with van der Waals surface area (Å²) >= 11 is 0. The van der Waals surface area contributed by atoms with E-state index in [4.69, 9.17) is 14.2 Å². The monoisotopic (exact) mass is 366 g/mol. The lowest BCUT2D eigenvalue weighted by Gasteiger charge is -2.09. The number of carbonyl (C=O) groups excluding carboxylic acids is 2. The number of allylic oxidation sites excluding steroid dienone is 2. The summed E-state index contributed by atoms with van der Waals surface area (Å²) in [5.74, 6) is -0.264. The van der Waals surface area contributed by atoms with Crippen LogP contribution in [-0.4, -0.2) is 33.1 Å². The molecule has 2 aromatic carbocycles. The quantitative estimate of drug-likeness (QED) is 0.184. The van der Waals surface area contributed by atoms with Crippen molar-refractivity contribution in [2.75, 3.05) is 21.3 Å². The Hall–Kier alpha value is -3.34. The minimum absolute atomic E-state index is 0.0718. The number of ketones is 1. The summed E-state index contributed by atoms with van der Waals surface area (Å²) in [5, 5.41) is 0. The first kappa shape index (κ1) is 20.0. The predicted octanol–water partition coefficient (Wildman–Crippen LogP) is 4.09. The van der Waals surface area contributed by atoms with Crippen molar-refractivity contribution in [1.82, 2.24) is 0 Å². The van der Waals surface area contributed by atoms with E-state index in [1.54, 1.807) is 18.2 Å². The molecule has 0 aliphatic carbocycles. The first-order valence-electron chi connectivity index (χ1n) is 8.29. The number of rotatable bonds is 7. The second-order valence-corrected chi connectivity index (χ2v) is 5.78. The van der Waals surface area contributed by atoms with Crippen molar-refractivity contribution in [2.45, 2.75) is 6.92 Å². The smallest absolute Gasteiger partial charge is 0.341 e. The van der Waals surface area contributed by atoms with Gasteiger partial charge in [0, 0.05) is 11.6 Å². The molecular formula is C22H22O5. The topological polar surface area (TPSA) is 61.8 Å². The molecule has 0 aliphatic rings. The molecule has 2 rings (SSSR count). The second kappa shape index (κ2) is 9.38. The van der Waals surface area contributed by atoms with Crippen LogP contribution in [0.25, 0.3) is 6.08 Å². The first-order valence-corrected chi connectivity index (χ1v) is 8.29. The van der Waals surface area contributed by atoms with Crippen LogP contribution >= 0.6 is 0 Å². The fourth-order valence-electron chi connectivity index (χ4n) is 2.50. The molecule has 0 unspecified atom stereocenters. The molecule has 140 valence electrons. The normalized spacial score (nSPS) is 11.7. The number of Topliss-reactive ketones (excluding diaryl/α,β-unsaturated/α-hetero) is 1. The van der Waals surface area contributed by atoms with Crippen LogP contribution < -0.4 is 9.47 Å². The summed E-state index contributed by atoms with van der Waals surface area (Å²) in [6.45, 7) is 1.81. The number of esters is 1. The zero-order valence-electron chi connectivity index (χ0n) is 15.8. The number of carbonyl (C=O) groups is 2. The zero-order chi connectivity index (χ0) is 19.8. The summed E-state index contributed by atoms with van der Waals surface area (Å²) < 4.78 is 15.2. The SMILES string of the molecule is COC(=O)/C(=C\C(C)=C\c1ccccc1)C(=O)c1cc(OC)cc(OC)c1. The van der Waals surface area contributed by atoms with Crippen LogP contribution in [0.5, 0.6) is 11.5 Å². The minimum atomic E-state index is -0.706. The summed E-state index contributed by atoms with van der Waals surface area (Å²) in [7, 11) is 4.23. The fourth-order valence-corrected chi connectivity index (χ4v) is 2.50. The molecule has 5 heteroatoms. The summed E-state index contributed by atoms with van der Waals surface area (Å²) in [4.78, 5) is 25.2. The fraction of sp³-hybridized carbons (Fsp3) is 0.182. The molecule has 27 heavy (non-hydrogen) atoms. The average Bonchev–Trinajstić information content (AvgIpc) is 2.71. The van der Waals surface area contributed by atoms with E-state index in [0.717, 1.165) is 11.1 Å². The van der Waals surface area contributed by atoms with Crippen molar-refractivity contribution in [2.24, 2.45) is 0 Å². The maximum atomic E-state index is 13.0. The molecule has 0 aromatic heterocycles. The highest BCUT2D eigenvalue weighted by Crippen LogP contribution is 2.25. The number of ether oxygens (including phenoxy) is 3. The van der Waals surface area contributed by atoms with Gasteiger partial charge in [0.2, 0.25) is 5.78 Å². The van der Waals surface area contributed by atoms with Crippen LogP contribution in [-0.2, 0) is 9.53 Å². The Morgan fingerprint density at radius 3 is 2.00 bits per heavy atom. The summed E-state index contributed by atoms with van der Waals surface area (Å²) in [6, 6.07) is 14.4. The van der Waals surface area contributed by atoms with Gasteiger partial charge in [-0.15, -0.1) is 0 Å². The molecule has 0 aliphatic heterocycles. The number of hydrogen-bond donors (Lipinski definition) is 0. The van der Waals surface area contributed by atoms with E-state index in [-0.39, 0.29) is 11.1 Å². The van der Waals surface area contributed by atoms with Gasteiger partial charge in [-0.3, -0.25) is 4.79 Å². The van der Waals surface area contributed by atoms with Crippen molar-refractivity contribution < 1.29 is 23.8 Å². The average molecular weight is 366 g/mol. The Kier molecular flexibility index (Phi) is 6.94. The maximum Gasteiger partial charge on any atom is 0.341 e. The molecule has 5 nitrogen and oxygen atoms in total. The molecule has 0 atom stereocenters. The largest absolute Gasteiger partial charge is 0.497 e. The van der Waals surface area contributed by atoms with Crippen molar-refractivity contribution in [3.63, 3.8) is 0 Å². The van der Waals surface area contributed by atoms with E-state index in [0.29, 0.717) is 11.5 Å². The van der Waals surface area contributed by atoms with E-state index in [1.165, 1.54) is 27.4 Å². The lowest BCUT2D eigenvalue weighted by molar-refractivity contribution is -0.135. The molecular weight excluding hydrogens is 344 g/mol. The van der Waals surface area contributed by atoms with E-state index in [9.17, 15) is 9.59 Å². The van der Waals surface area contributed by atoms with Gasteiger partial charge in [-0.2, -0.15) is 0 Å². The van der Waals surface area contributed by atoms with Gasteiger partial charge in [0.05, 0.1) is 21.3 Å². The molecule has 0 saturated heterocycles. The van der Waals surface area contributed by atoms with Gasteiger partial charge in [0.15, 0.2) is 0 Å². The van der Waals surface area contributed by atoms with Gasteiger partial charge in [-0.1, -0.05) is 36.4 Å². The van der Waals surface area contributed by atoms with Crippen molar-refractivity contribution >= 4 is 17.8 Å². The molecule has 0 saturated carbocycles. The molecule has 0 bridgehead atoms. The summed E-state index contributed by atoms with van der Waals surface area (Å²) in [6.07, 6.45) is 3.40. The summed E-state index contributed by atoms with van der Waals surface area (Å²) in [5.41, 5.74) is 1.91. The minimum Gasteiger partial charge on any atom is -0.497 e. The third-order valence-corrected chi connectivity index (χ3v) is 3.83. The third-order valence-electron chi connectivity index (χ3n) is 3.83. The van der Waals surface area contributed by atoms with Crippen LogP contribution in [0.15, 0.2) is 65.8 Å². The van der Waals surface area contributed by atoms with Crippen molar-refractivity contribution in [1.29, 1.82) is 0 Å². The molecule has 0 amide bonds. The van der Waals surface area contributed by atoms with E-state index in [1.807, 2.05) is 43.3 Å². The van der Waals surface area contributed by atoms with Crippen LogP contribution in [0.2, 0.25) is 0 Å². The Morgan fingerprint density at radius 1 is 0.889 bits per heavy atom. The highest BCUT2D eigenvalue weighted by atomic mass is 16.5. The Morgan fingerprint density at radius 2 is 1.48 bits per heavy atom. The number of benzene rings is 2. The van der Waals surface area contributed by atoms with E-state index in [2.05, 4.69) is 0 Å². The Balaban J connectivity index is 2.46. The number of hydrogen-bond acceptors (Lipinski definition) is 5. The van der Waals surface area contributed by atoms with E-state index < -0.39 is 11.8 Å². The van der Waals surface area contributed by atoms with Gasteiger partial charge in [-0.05, 0) is 36.3 Å². The molecule has 0 N–H and O–H groups in total. The number of methoxy groups -OCH3 is 3. The van der Waals surface area contributed by atoms with Gasteiger partial charge in [0.25, 0.3) is 0 Å². The highest BCUT2D eigenvalue weighted by Gasteiger charge is 2.22. The van der Waals surface area contributed by atoms with Crippen molar-refractivity contribution in [3.8, 4) is 11.5 Å². The lowest BCUT2D eigenvalue weighted by Crippen LogP contribution is -2.15. The highest BCUT2D eigenvalue weighted by molar-refractivity contribution is 6.24. The molecule has 0 spiro atoms. The first-order chi connectivity index (χ1) is 13.0. The van der Waals surface area contributed by atoms with E-state index >= 15 is 0 Å². The molecule has 0 heterocycles. The van der Waals surface area contributed by atoms with Crippen LogP contribution in [0, 0.1) is 0 Å². The van der Waals surface area contributed by atoms with Crippen LogP contribution in [0.3, 0.4) is 0 Å². The van der Waals surface area contributed by atoms with Gasteiger partial charge < -0.3 is 14.2 Å². The maximum absolute atomic E-state index is 13.0. The van der Waals surface area contributed by atoms with Gasteiger partial charge >= 0.3 is 5.97 Å².